The quantitative estimate of drug-likeness (QED) is 0.506. The maximum Gasteiger partial charge on any atom is 0.343 e. The van der Waals surface area contributed by atoms with Crippen LogP contribution in [0.4, 0.5) is 0 Å². The van der Waals surface area contributed by atoms with Gasteiger partial charge in [-0.2, -0.15) is 0 Å². The number of aromatic nitrogens is 2. The molecule has 8 nitrogen and oxygen atoms in total. The summed E-state index contributed by atoms with van der Waals surface area (Å²) in [5.74, 6) is -1.13. The van der Waals surface area contributed by atoms with Gasteiger partial charge in [-0.1, -0.05) is 25.1 Å². The van der Waals surface area contributed by atoms with Gasteiger partial charge in [-0.15, -0.1) is 0 Å². The number of benzene rings is 1. The van der Waals surface area contributed by atoms with Crippen molar-refractivity contribution in [1.82, 2.24) is 9.55 Å². The van der Waals surface area contributed by atoms with Crippen molar-refractivity contribution < 1.29 is 24.2 Å². The van der Waals surface area contributed by atoms with Crippen LogP contribution in [-0.2, 0) is 44.4 Å². The van der Waals surface area contributed by atoms with Crippen LogP contribution in [0, 0.1) is 0 Å². The first-order chi connectivity index (χ1) is 14.8. The first-order valence-corrected chi connectivity index (χ1v) is 10.1. The monoisotopic (exact) mass is 420 g/mol. The summed E-state index contributed by atoms with van der Waals surface area (Å²) in [5.41, 5.74) is 1.87. The lowest BCUT2D eigenvalue weighted by Crippen LogP contribution is -2.44. The third-order valence-electron chi connectivity index (χ3n) is 6.05. The second-order valence-corrected chi connectivity index (χ2v) is 7.87. The highest BCUT2D eigenvalue weighted by Crippen LogP contribution is 2.38. The van der Waals surface area contributed by atoms with Crippen molar-refractivity contribution in [1.29, 1.82) is 0 Å². The summed E-state index contributed by atoms with van der Waals surface area (Å²) in [6.45, 7) is 3.29. The number of esters is 2. The zero-order valence-corrected chi connectivity index (χ0v) is 17.1. The summed E-state index contributed by atoms with van der Waals surface area (Å²) in [6, 6.07) is 9.27. The van der Waals surface area contributed by atoms with E-state index in [-0.39, 0.29) is 36.7 Å². The van der Waals surface area contributed by atoms with Crippen molar-refractivity contribution in [2.24, 2.45) is 0 Å². The van der Waals surface area contributed by atoms with Crippen molar-refractivity contribution in [3.63, 3.8) is 0 Å². The Labute approximate surface area is 177 Å². The van der Waals surface area contributed by atoms with Gasteiger partial charge in [0.25, 0.3) is 5.56 Å². The molecule has 4 heterocycles. The highest BCUT2D eigenvalue weighted by molar-refractivity contribution is 5.87. The predicted octanol–water partition coefficient (Wildman–Crippen LogP) is 2.14. The normalized spacial score (nSPS) is 18.9. The molecule has 0 spiro atoms. The molecule has 31 heavy (non-hydrogen) atoms. The average molecular weight is 420 g/mol. The fraction of sp³-hybridized carbons (Fsp3) is 0.304. The van der Waals surface area contributed by atoms with Crippen molar-refractivity contribution in [3.05, 3.63) is 62.9 Å². The number of carbonyl (C=O) groups excluding carboxylic acids is 2. The van der Waals surface area contributed by atoms with E-state index in [1.165, 1.54) is 6.92 Å². The second-order valence-electron chi connectivity index (χ2n) is 7.87. The van der Waals surface area contributed by atoms with Crippen LogP contribution in [-0.4, -0.2) is 26.6 Å². The molecule has 5 rings (SSSR count). The number of ether oxygens (including phenoxy) is 2. The number of hydrogen-bond acceptors (Lipinski definition) is 7. The maximum absolute atomic E-state index is 13.2. The molecule has 2 aliphatic rings. The third kappa shape index (κ3) is 2.79. The molecule has 0 radical (unpaired) electrons. The highest BCUT2D eigenvalue weighted by atomic mass is 16.6. The van der Waals surface area contributed by atoms with E-state index in [4.69, 9.17) is 14.5 Å². The standard InChI is InChI=1S/C23H20N2O6/c1-3-23(29)17-8-18-20-15(9-25(18)21(27)16(17)11-31-22(23)28)7-13-5-4-6-14(19(13)24-20)10-30-12(2)26/h4-8,29H,3,9-11H2,1-2H3. The first-order valence-electron chi connectivity index (χ1n) is 10.1. The molecule has 0 aliphatic carbocycles. The summed E-state index contributed by atoms with van der Waals surface area (Å²) in [4.78, 5) is 41.5. The van der Waals surface area contributed by atoms with Crippen molar-refractivity contribution in [2.75, 3.05) is 0 Å². The second kappa shape index (κ2) is 6.75. The molecule has 1 atom stereocenters. The van der Waals surface area contributed by atoms with Gasteiger partial charge in [0, 0.05) is 29.0 Å². The lowest BCUT2D eigenvalue weighted by molar-refractivity contribution is -0.172. The van der Waals surface area contributed by atoms with Crippen molar-refractivity contribution in [2.45, 2.75) is 45.6 Å². The zero-order valence-electron chi connectivity index (χ0n) is 17.1. The molecule has 2 aromatic heterocycles. The largest absolute Gasteiger partial charge is 0.461 e. The summed E-state index contributed by atoms with van der Waals surface area (Å²) in [5, 5.41) is 11.8. The molecule has 8 heteroatoms. The number of cyclic esters (lactones) is 1. The fourth-order valence-corrected chi connectivity index (χ4v) is 4.36. The molecule has 0 bridgehead atoms. The number of aliphatic hydroxyl groups is 1. The van der Waals surface area contributed by atoms with Crippen LogP contribution < -0.4 is 5.56 Å². The molecule has 2 aliphatic heterocycles. The first kappa shape index (κ1) is 19.4. The van der Waals surface area contributed by atoms with Crippen LogP contribution in [0.2, 0.25) is 0 Å². The van der Waals surface area contributed by atoms with Crippen LogP contribution in [0.3, 0.4) is 0 Å². The smallest absolute Gasteiger partial charge is 0.343 e. The summed E-state index contributed by atoms with van der Waals surface area (Å²) < 4.78 is 11.8. The number of para-hydroxylation sites is 1. The molecule has 0 saturated heterocycles. The predicted molar refractivity (Wildman–Crippen MR) is 110 cm³/mol. The van der Waals surface area contributed by atoms with Gasteiger partial charge in [-0.3, -0.25) is 9.59 Å². The number of carbonyl (C=O) groups is 2. The SMILES string of the molecule is CCC1(O)C(=O)OCc2c1cc1n(c2=O)Cc2cc3cccc(COC(C)=O)c3nc2-1. The highest BCUT2D eigenvalue weighted by Gasteiger charge is 2.45. The number of nitrogens with zero attached hydrogens (tertiary/aromatic N) is 2. The van der Waals surface area contributed by atoms with Gasteiger partial charge in [0.2, 0.25) is 0 Å². The van der Waals surface area contributed by atoms with Gasteiger partial charge in [0.05, 0.1) is 29.0 Å². The van der Waals surface area contributed by atoms with Crippen LogP contribution >= 0.6 is 0 Å². The van der Waals surface area contributed by atoms with E-state index < -0.39 is 11.6 Å². The Morgan fingerprint density at radius 3 is 2.87 bits per heavy atom. The number of fused-ring (bicyclic) bond motifs is 5. The lowest BCUT2D eigenvalue weighted by Gasteiger charge is -2.31. The lowest BCUT2D eigenvalue weighted by atomic mass is 9.86. The van der Waals surface area contributed by atoms with Crippen LogP contribution in [0.15, 0.2) is 35.1 Å². The molecule has 1 N–H and O–H groups in total. The number of rotatable bonds is 3. The maximum atomic E-state index is 13.2. The number of hydrogen-bond donors (Lipinski definition) is 1. The van der Waals surface area contributed by atoms with Crippen LogP contribution in [0.5, 0.6) is 0 Å². The summed E-state index contributed by atoms with van der Waals surface area (Å²) in [6.07, 6.45) is 0.0895. The van der Waals surface area contributed by atoms with E-state index in [1.54, 1.807) is 17.6 Å². The third-order valence-corrected chi connectivity index (χ3v) is 6.05. The van der Waals surface area contributed by atoms with E-state index in [0.717, 1.165) is 16.5 Å². The Morgan fingerprint density at radius 2 is 2.13 bits per heavy atom. The molecule has 0 amide bonds. The van der Waals surface area contributed by atoms with Crippen LogP contribution in [0.25, 0.3) is 22.3 Å². The summed E-state index contributed by atoms with van der Waals surface area (Å²) in [7, 11) is 0. The molecule has 1 aromatic carbocycles. The molecule has 0 fully saturated rings. The van der Waals surface area contributed by atoms with Crippen molar-refractivity contribution >= 4 is 22.8 Å². The molecule has 3 aromatic rings. The molecule has 0 saturated carbocycles. The van der Waals surface area contributed by atoms with E-state index in [9.17, 15) is 19.5 Å². The summed E-state index contributed by atoms with van der Waals surface area (Å²) >= 11 is 0. The minimum absolute atomic E-state index is 0.0895. The van der Waals surface area contributed by atoms with Gasteiger partial charge >= 0.3 is 11.9 Å². The van der Waals surface area contributed by atoms with E-state index in [0.29, 0.717) is 29.0 Å². The van der Waals surface area contributed by atoms with Crippen molar-refractivity contribution in [3.8, 4) is 11.4 Å². The molecular weight excluding hydrogens is 400 g/mol. The molecular formula is C23H20N2O6. The molecule has 158 valence electrons. The van der Waals surface area contributed by atoms with Gasteiger partial charge < -0.3 is 19.1 Å². The average Bonchev–Trinajstić information content (AvgIpc) is 3.11. The minimum Gasteiger partial charge on any atom is -0.461 e. The van der Waals surface area contributed by atoms with E-state index in [1.807, 2.05) is 24.3 Å². The van der Waals surface area contributed by atoms with Gasteiger partial charge in [0.15, 0.2) is 5.60 Å². The van der Waals surface area contributed by atoms with Gasteiger partial charge in [-0.25, -0.2) is 9.78 Å². The van der Waals surface area contributed by atoms with E-state index in [2.05, 4.69) is 0 Å². The van der Waals surface area contributed by atoms with E-state index >= 15 is 0 Å². The Balaban J connectivity index is 1.72. The zero-order chi connectivity index (χ0) is 21.9. The number of pyridine rings is 2. The Morgan fingerprint density at radius 1 is 1.32 bits per heavy atom. The Kier molecular flexibility index (Phi) is 4.23. The fourth-order valence-electron chi connectivity index (χ4n) is 4.36. The Hall–Kier alpha value is -3.52. The van der Waals surface area contributed by atoms with Gasteiger partial charge in [-0.05, 0) is 18.6 Å². The minimum atomic E-state index is -1.86. The van der Waals surface area contributed by atoms with Crippen LogP contribution in [0.1, 0.15) is 42.5 Å². The Bertz CT molecular complexity index is 1340. The molecule has 1 unspecified atom stereocenters. The topological polar surface area (TPSA) is 108 Å². The van der Waals surface area contributed by atoms with Gasteiger partial charge in [0.1, 0.15) is 13.2 Å².